The molecule has 1 amide bonds. The lowest BCUT2D eigenvalue weighted by atomic mass is 10.3. The number of benzene rings is 1. The molecule has 0 radical (unpaired) electrons. The lowest BCUT2D eigenvalue weighted by Gasteiger charge is -2.26. The molecule has 1 aromatic rings. The van der Waals surface area contributed by atoms with Gasteiger partial charge in [-0.25, -0.2) is 0 Å². The second-order valence-electron chi connectivity index (χ2n) is 4.72. The standard InChI is InChI=1S/C15H23NO4/c1-12(2)16(9-4-10-17)15(18)11-20-14-7-5-13(19-3)6-8-14/h5-8,12,17H,4,9-11H2,1-3H3. The summed E-state index contributed by atoms with van der Waals surface area (Å²) in [6.45, 7) is 4.51. The van der Waals surface area contributed by atoms with Crippen molar-refractivity contribution in [3.8, 4) is 11.5 Å². The smallest absolute Gasteiger partial charge is 0.260 e. The summed E-state index contributed by atoms with van der Waals surface area (Å²) in [4.78, 5) is 13.8. The highest BCUT2D eigenvalue weighted by Gasteiger charge is 2.16. The maximum Gasteiger partial charge on any atom is 0.260 e. The molecule has 0 saturated carbocycles. The Morgan fingerprint density at radius 2 is 1.85 bits per heavy atom. The van der Waals surface area contributed by atoms with Crippen molar-refractivity contribution in [2.75, 3.05) is 26.9 Å². The number of aliphatic hydroxyl groups is 1. The van der Waals surface area contributed by atoms with Crippen LogP contribution in [0.4, 0.5) is 0 Å². The van der Waals surface area contributed by atoms with Crippen LogP contribution in [0.25, 0.3) is 0 Å². The Kier molecular flexibility index (Phi) is 6.87. The van der Waals surface area contributed by atoms with E-state index in [1.165, 1.54) is 0 Å². The first kappa shape index (κ1) is 16.3. The Bertz CT molecular complexity index is 403. The minimum Gasteiger partial charge on any atom is -0.497 e. The predicted molar refractivity (Wildman–Crippen MR) is 77.0 cm³/mol. The molecule has 0 aliphatic carbocycles. The molecule has 0 atom stereocenters. The fourth-order valence-corrected chi connectivity index (χ4v) is 1.81. The summed E-state index contributed by atoms with van der Waals surface area (Å²) in [6.07, 6.45) is 0.576. The quantitative estimate of drug-likeness (QED) is 0.788. The zero-order valence-electron chi connectivity index (χ0n) is 12.3. The highest BCUT2D eigenvalue weighted by Crippen LogP contribution is 2.17. The van der Waals surface area contributed by atoms with Gasteiger partial charge in [-0.05, 0) is 44.5 Å². The molecule has 0 unspecified atom stereocenters. The van der Waals surface area contributed by atoms with Crippen molar-refractivity contribution in [2.24, 2.45) is 0 Å². The van der Waals surface area contributed by atoms with Crippen LogP contribution in [0, 0.1) is 0 Å². The van der Waals surface area contributed by atoms with E-state index in [9.17, 15) is 4.79 Å². The van der Waals surface area contributed by atoms with E-state index in [0.717, 1.165) is 5.75 Å². The van der Waals surface area contributed by atoms with Gasteiger partial charge >= 0.3 is 0 Å². The van der Waals surface area contributed by atoms with Crippen LogP contribution in [0.1, 0.15) is 20.3 Å². The highest BCUT2D eigenvalue weighted by atomic mass is 16.5. The molecule has 0 bridgehead atoms. The van der Waals surface area contributed by atoms with Crippen LogP contribution in [-0.4, -0.2) is 48.8 Å². The van der Waals surface area contributed by atoms with Gasteiger partial charge in [0.05, 0.1) is 7.11 Å². The first-order valence-electron chi connectivity index (χ1n) is 6.75. The van der Waals surface area contributed by atoms with Crippen molar-refractivity contribution in [1.29, 1.82) is 0 Å². The average molecular weight is 281 g/mol. The number of amides is 1. The van der Waals surface area contributed by atoms with Gasteiger partial charge in [0.2, 0.25) is 0 Å². The number of carbonyl (C=O) groups excluding carboxylic acids is 1. The number of methoxy groups -OCH3 is 1. The number of carbonyl (C=O) groups is 1. The van der Waals surface area contributed by atoms with E-state index in [4.69, 9.17) is 14.6 Å². The first-order valence-corrected chi connectivity index (χ1v) is 6.75. The number of rotatable bonds is 8. The van der Waals surface area contributed by atoms with E-state index < -0.39 is 0 Å². The highest BCUT2D eigenvalue weighted by molar-refractivity contribution is 5.78. The Hall–Kier alpha value is -1.75. The van der Waals surface area contributed by atoms with Gasteiger partial charge < -0.3 is 19.5 Å². The molecule has 0 heterocycles. The Balaban J connectivity index is 2.50. The molecular weight excluding hydrogens is 258 g/mol. The van der Waals surface area contributed by atoms with Crippen LogP contribution in [-0.2, 0) is 4.79 Å². The fraction of sp³-hybridized carbons (Fsp3) is 0.533. The third-order valence-electron chi connectivity index (χ3n) is 2.92. The molecule has 20 heavy (non-hydrogen) atoms. The molecule has 1 rings (SSSR count). The van der Waals surface area contributed by atoms with Crippen LogP contribution in [0.2, 0.25) is 0 Å². The summed E-state index contributed by atoms with van der Waals surface area (Å²) in [5, 5.41) is 8.85. The van der Waals surface area contributed by atoms with Crippen molar-refractivity contribution in [3.63, 3.8) is 0 Å². The molecule has 1 aromatic carbocycles. The summed E-state index contributed by atoms with van der Waals surface area (Å²) in [5.41, 5.74) is 0. The molecule has 0 saturated heterocycles. The van der Waals surface area contributed by atoms with E-state index in [1.807, 2.05) is 13.8 Å². The largest absolute Gasteiger partial charge is 0.497 e. The minimum absolute atomic E-state index is 0.00403. The van der Waals surface area contributed by atoms with E-state index in [2.05, 4.69) is 0 Å². The molecule has 112 valence electrons. The maximum absolute atomic E-state index is 12.1. The van der Waals surface area contributed by atoms with E-state index in [-0.39, 0.29) is 25.2 Å². The Morgan fingerprint density at radius 3 is 2.35 bits per heavy atom. The molecule has 1 N–H and O–H groups in total. The second-order valence-corrected chi connectivity index (χ2v) is 4.72. The maximum atomic E-state index is 12.1. The molecule has 0 aromatic heterocycles. The number of ether oxygens (including phenoxy) is 2. The molecule has 0 fully saturated rings. The Morgan fingerprint density at radius 1 is 1.25 bits per heavy atom. The molecule has 0 aliphatic rings. The zero-order valence-corrected chi connectivity index (χ0v) is 12.3. The SMILES string of the molecule is COc1ccc(OCC(=O)N(CCCO)C(C)C)cc1. The second kappa shape index (κ2) is 8.43. The lowest BCUT2D eigenvalue weighted by molar-refractivity contribution is -0.135. The third kappa shape index (κ3) is 5.09. The molecule has 5 heteroatoms. The van der Waals surface area contributed by atoms with Crippen LogP contribution >= 0.6 is 0 Å². The molecule has 0 spiro atoms. The summed E-state index contributed by atoms with van der Waals surface area (Å²) in [7, 11) is 1.60. The van der Waals surface area contributed by atoms with Crippen molar-refractivity contribution >= 4 is 5.91 Å². The summed E-state index contributed by atoms with van der Waals surface area (Å²) >= 11 is 0. The lowest BCUT2D eigenvalue weighted by Crippen LogP contribution is -2.40. The summed E-state index contributed by atoms with van der Waals surface area (Å²) in [5.74, 6) is 1.30. The Labute approximate surface area is 120 Å². The third-order valence-corrected chi connectivity index (χ3v) is 2.92. The number of nitrogens with zero attached hydrogens (tertiary/aromatic N) is 1. The van der Waals surface area contributed by atoms with Crippen LogP contribution in [0.5, 0.6) is 11.5 Å². The van der Waals surface area contributed by atoms with Gasteiger partial charge in [0, 0.05) is 19.2 Å². The van der Waals surface area contributed by atoms with Crippen molar-refractivity contribution in [1.82, 2.24) is 4.90 Å². The number of hydrogen-bond acceptors (Lipinski definition) is 4. The van der Waals surface area contributed by atoms with Gasteiger partial charge in [0.15, 0.2) is 6.61 Å². The van der Waals surface area contributed by atoms with Gasteiger partial charge in [0.1, 0.15) is 11.5 Å². The van der Waals surface area contributed by atoms with E-state index >= 15 is 0 Å². The van der Waals surface area contributed by atoms with Crippen molar-refractivity contribution < 1.29 is 19.4 Å². The monoisotopic (exact) mass is 281 g/mol. The molecular formula is C15H23NO4. The number of aliphatic hydroxyl groups excluding tert-OH is 1. The molecule has 0 aliphatic heterocycles. The van der Waals surface area contributed by atoms with E-state index in [1.54, 1.807) is 36.3 Å². The summed E-state index contributed by atoms with van der Waals surface area (Å²) < 4.78 is 10.5. The minimum atomic E-state index is -0.0794. The van der Waals surface area contributed by atoms with Gasteiger partial charge in [-0.3, -0.25) is 4.79 Å². The topological polar surface area (TPSA) is 59.0 Å². The van der Waals surface area contributed by atoms with Crippen LogP contribution in [0.15, 0.2) is 24.3 Å². The fourth-order valence-electron chi connectivity index (χ4n) is 1.81. The zero-order chi connectivity index (χ0) is 15.0. The summed E-state index contributed by atoms with van der Waals surface area (Å²) in [6, 6.07) is 7.19. The van der Waals surface area contributed by atoms with Crippen LogP contribution < -0.4 is 9.47 Å². The van der Waals surface area contributed by atoms with Gasteiger partial charge in [-0.1, -0.05) is 0 Å². The van der Waals surface area contributed by atoms with Crippen molar-refractivity contribution in [3.05, 3.63) is 24.3 Å². The van der Waals surface area contributed by atoms with E-state index in [0.29, 0.717) is 18.7 Å². The number of hydrogen-bond donors (Lipinski definition) is 1. The van der Waals surface area contributed by atoms with Gasteiger partial charge in [-0.2, -0.15) is 0 Å². The average Bonchev–Trinajstić information content (AvgIpc) is 2.45. The van der Waals surface area contributed by atoms with Crippen LogP contribution in [0.3, 0.4) is 0 Å². The predicted octanol–water partition coefficient (Wildman–Crippen LogP) is 1.69. The van der Waals surface area contributed by atoms with Gasteiger partial charge in [0.25, 0.3) is 5.91 Å². The van der Waals surface area contributed by atoms with Crippen molar-refractivity contribution in [2.45, 2.75) is 26.3 Å². The normalized spacial score (nSPS) is 10.4. The molecule has 5 nitrogen and oxygen atoms in total. The first-order chi connectivity index (χ1) is 9.58. The van der Waals surface area contributed by atoms with Gasteiger partial charge in [-0.15, -0.1) is 0 Å².